The number of ether oxygens (including phenoxy) is 1. The maximum Gasteiger partial charge on any atom is 0.180 e. The van der Waals surface area contributed by atoms with Crippen LogP contribution in [0.4, 0.5) is 0 Å². The minimum Gasteiger partial charge on any atom is -0.447 e. The highest BCUT2D eigenvalue weighted by Crippen LogP contribution is 2.46. The molecule has 4 heteroatoms. The fourth-order valence-electron chi connectivity index (χ4n) is 3.95. The zero-order valence-electron chi connectivity index (χ0n) is 14.7. The first-order valence-electron chi connectivity index (χ1n) is 8.69. The van der Waals surface area contributed by atoms with Gasteiger partial charge in [-0.1, -0.05) is 25.5 Å². The van der Waals surface area contributed by atoms with Crippen LogP contribution >= 0.6 is 11.3 Å². The van der Waals surface area contributed by atoms with Crippen LogP contribution in [0.25, 0.3) is 0 Å². The molecule has 130 valence electrons. The number of thiophene rings is 1. The molecular weight excluding hydrogens is 318 g/mol. The van der Waals surface area contributed by atoms with Gasteiger partial charge in [-0.05, 0) is 68.1 Å². The zero-order chi connectivity index (χ0) is 17.2. The van der Waals surface area contributed by atoms with Gasteiger partial charge in [0.1, 0.15) is 5.75 Å². The number of benzene rings is 1. The molecule has 3 nitrogen and oxygen atoms in total. The molecular formula is C20H27NO2S. The summed E-state index contributed by atoms with van der Waals surface area (Å²) in [5.41, 5.74) is 0.188. The molecule has 0 radical (unpaired) electrons. The molecule has 1 aliphatic carbocycles. The van der Waals surface area contributed by atoms with Gasteiger partial charge in [-0.2, -0.15) is 0 Å². The summed E-state index contributed by atoms with van der Waals surface area (Å²) in [6, 6.07) is 12.0. The van der Waals surface area contributed by atoms with Crippen LogP contribution in [-0.2, 0) is 5.60 Å². The van der Waals surface area contributed by atoms with Gasteiger partial charge >= 0.3 is 0 Å². The first-order valence-corrected chi connectivity index (χ1v) is 9.57. The van der Waals surface area contributed by atoms with Crippen molar-refractivity contribution in [1.29, 1.82) is 0 Å². The Kier molecular flexibility index (Phi) is 5.28. The van der Waals surface area contributed by atoms with E-state index in [1.54, 1.807) is 11.3 Å². The van der Waals surface area contributed by atoms with E-state index >= 15 is 0 Å². The summed E-state index contributed by atoms with van der Waals surface area (Å²) < 4.78 is 5.94. The van der Waals surface area contributed by atoms with Crippen molar-refractivity contribution >= 4 is 11.3 Å². The van der Waals surface area contributed by atoms with Crippen molar-refractivity contribution < 1.29 is 9.84 Å². The third-order valence-electron chi connectivity index (χ3n) is 5.16. The van der Waals surface area contributed by atoms with Crippen LogP contribution in [0.5, 0.6) is 10.8 Å². The van der Waals surface area contributed by atoms with Crippen molar-refractivity contribution in [2.24, 2.45) is 11.8 Å². The Labute approximate surface area is 148 Å². The van der Waals surface area contributed by atoms with Crippen LogP contribution in [0.3, 0.4) is 0 Å². The van der Waals surface area contributed by atoms with Crippen molar-refractivity contribution in [3.05, 3.63) is 47.3 Å². The summed E-state index contributed by atoms with van der Waals surface area (Å²) in [7, 11) is 4.16. The predicted molar refractivity (Wildman–Crippen MR) is 99.8 cm³/mol. The molecule has 1 heterocycles. The summed E-state index contributed by atoms with van der Waals surface area (Å²) in [6.45, 7) is 3.07. The Balaban J connectivity index is 1.91. The van der Waals surface area contributed by atoms with Crippen LogP contribution < -0.4 is 4.74 Å². The van der Waals surface area contributed by atoms with Gasteiger partial charge in [0, 0.05) is 12.5 Å². The van der Waals surface area contributed by atoms with E-state index in [2.05, 4.69) is 25.9 Å². The van der Waals surface area contributed by atoms with E-state index in [0.29, 0.717) is 0 Å². The molecule has 2 aromatic rings. The first kappa shape index (κ1) is 17.5. The van der Waals surface area contributed by atoms with Gasteiger partial charge in [0.05, 0.1) is 5.60 Å². The van der Waals surface area contributed by atoms with Crippen LogP contribution in [0.1, 0.15) is 31.7 Å². The van der Waals surface area contributed by atoms with E-state index in [1.807, 2.05) is 41.8 Å². The topological polar surface area (TPSA) is 32.7 Å². The number of aliphatic hydroxyl groups is 1. The SMILES string of the molecule is CC1CCCC(CN(C)C)C1(O)c1cccc(Oc2cccs2)c1. The normalized spacial score (nSPS) is 27.4. The second-order valence-electron chi connectivity index (χ2n) is 7.18. The Bertz CT molecular complexity index is 655. The van der Waals surface area contributed by atoms with Gasteiger partial charge in [0.25, 0.3) is 0 Å². The molecule has 1 N–H and O–H groups in total. The smallest absolute Gasteiger partial charge is 0.180 e. The van der Waals surface area contributed by atoms with Gasteiger partial charge < -0.3 is 14.7 Å². The molecule has 1 aromatic carbocycles. The molecule has 0 saturated heterocycles. The number of rotatable bonds is 5. The van der Waals surface area contributed by atoms with Crippen molar-refractivity contribution in [2.45, 2.75) is 31.8 Å². The van der Waals surface area contributed by atoms with Crippen molar-refractivity contribution in [3.8, 4) is 10.8 Å². The Morgan fingerprint density at radius 2 is 2.08 bits per heavy atom. The summed E-state index contributed by atoms with van der Waals surface area (Å²) in [4.78, 5) is 2.18. The zero-order valence-corrected chi connectivity index (χ0v) is 15.6. The molecule has 0 aliphatic heterocycles. The molecule has 3 atom stereocenters. The summed E-state index contributed by atoms with van der Waals surface area (Å²) >= 11 is 1.58. The Morgan fingerprint density at radius 1 is 1.25 bits per heavy atom. The molecule has 0 amide bonds. The molecule has 0 bridgehead atoms. The Hall–Kier alpha value is -1.36. The van der Waals surface area contributed by atoms with E-state index in [4.69, 9.17) is 4.74 Å². The van der Waals surface area contributed by atoms with E-state index < -0.39 is 5.60 Å². The van der Waals surface area contributed by atoms with Gasteiger partial charge in [0.2, 0.25) is 0 Å². The lowest BCUT2D eigenvalue weighted by atomic mass is 9.65. The van der Waals surface area contributed by atoms with Gasteiger partial charge in [-0.15, -0.1) is 11.3 Å². The largest absolute Gasteiger partial charge is 0.447 e. The quantitative estimate of drug-likeness (QED) is 0.850. The standard InChI is InChI=1S/C20H27NO2S/c1-15-7-4-9-17(14-21(2)3)20(15,22)16-8-5-10-18(13-16)23-19-11-6-12-24-19/h5-6,8,10-13,15,17,22H,4,7,9,14H2,1-3H3. The number of nitrogens with zero attached hydrogens (tertiary/aromatic N) is 1. The van der Waals surface area contributed by atoms with Crippen LogP contribution in [0.15, 0.2) is 41.8 Å². The van der Waals surface area contributed by atoms with Crippen LogP contribution in [0, 0.1) is 11.8 Å². The molecule has 1 aromatic heterocycles. The lowest BCUT2D eigenvalue weighted by Crippen LogP contribution is -2.47. The number of hydrogen-bond donors (Lipinski definition) is 1. The molecule has 0 spiro atoms. The lowest BCUT2D eigenvalue weighted by Gasteiger charge is -2.46. The highest BCUT2D eigenvalue weighted by Gasteiger charge is 2.45. The second-order valence-corrected chi connectivity index (χ2v) is 8.09. The van der Waals surface area contributed by atoms with Crippen molar-refractivity contribution in [1.82, 2.24) is 4.90 Å². The second kappa shape index (κ2) is 7.26. The number of hydrogen-bond acceptors (Lipinski definition) is 4. The average molecular weight is 346 g/mol. The first-order chi connectivity index (χ1) is 11.5. The summed E-state index contributed by atoms with van der Waals surface area (Å²) in [5, 5.41) is 14.6. The monoisotopic (exact) mass is 345 g/mol. The molecule has 3 unspecified atom stereocenters. The van der Waals surface area contributed by atoms with E-state index in [9.17, 15) is 5.11 Å². The fourth-order valence-corrected chi connectivity index (χ4v) is 4.54. The van der Waals surface area contributed by atoms with Crippen LogP contribution in [-0.4, -0.2) is 30.6 Å². The molecule has 24 heavy (non-hydrogen) atoms. The maximum absolute atomic E-state index is 11.7. The van der Waals surface area contributed by atoms with E-state index in [0.717, 1.165) is 35.8 Å². The van der Waals surface area contributed by atoms with Crippen LogP contribution in [0.2, 0.25) is 0 Å². The molecule has 1 aliphatic rings. The van der Waals surface area contributed by atoms with E-state index in [1.165, 1.54) is 6.42 Å². The summed E-state index contributed by atoms with van der Waals surface area (Å²) in [6.07, 6.45) is 3.32. The van der Waals surface area contributed by atoms with E-state index in [-0.39, 0.29) is 11.8 Å². The van der Waals surface area contributed by atoms with Gasteiger partial charge in [0.15, 0.2) is 5.06 Å². The fraction of sp³-hybridized carbons (Fsp3) is 0.500. The summed E-state index contributed by atoms with van der Waals surface area (Å²) in [5.74, 6) is 1.28. The average Bonchev–Trinajstić information content (AvgIpc) is 3.05. The minimum absolute atomic E-state index is 0.244. The molecule has 1 fully saturated rings. The Morgan fingerprint density at radius 3 is 2.79 bits per heavy atom. The predicted octanol–water partition coefficient (Wildman–Crippen LogP) is 4.73. The third-order valence-corrected chi connectivity index (χ3v) is 5.90. The van der Waals surface area contributed by atoms with Gasteiger partial charge in [-0.25, -0.2) is 0 Å². The molecule has 1 saturated carbocycles. The van der Waals surface area contributed by atoms with Crippen molar-refractivity contribution in [2.75, 3.05) is 20.6 Å². The third kappa shape index (κ3) is 3.51. The van der Waals surface area contributed by atoms with Crippen molar-refractivity contribution in [3.63, 3.8) is 0 Å². The minimum atomic E-state index is -0.794. The van der Waals surface area contributed by atoms with Gasteiger partial charge in [-0.3, -0.25) is 0 Å². The lowest BCUT2D eigenvalue weighted by molar-refractivity contribution is -0.102. The highest BCUT2D eigenvalue weighted by atomic mass is 32.1. The highest BCUT2D eigenvalue weighted by molar-refractivity contribution is 7.11. The maximum atomic E-state index is 11.7. The molecule has 3 rings (SSSR count).